The molecule has 0 spiro atoms. The van der Waals surface area contributed by atoms with Crippen LogP contribution in [0.4, 0.5) is 5.69 Å². The molecule has 0 aliphatic carbocycles. The molecule has 3 nitrogen and oxygen atoms in total. The molecule has 0 saturated carbocycles. The predicted octanol–water partition coefficient (Wildman–Crippen LogP) is 4.93. The molecule has 0 aromatic heterocycles. The Balaban J connectivity index is 2.48. The lowest BCUT2D eigenvalue weighted by atomic mass is 10.2. The number of hydrogen-bond acceptors (Lipinski definition) is 2. The third-order valence-electron chi connectivity index (χ3n) is 3.55. The Morgan fingerprint density at radius 3 is 2.26 bits per heavy atom. The highest BCUT2D eigenvalue weighted by Crippen LogP contribution is 2.27. The molecule has 2 aromatic carbocycles. The molecular formula is C17H19I2NO2S. The number of alkyl halides is 1. The number of benzene rings is 2. The summed E-state index contributed by atoms with van der Waals surface area (Å²) in [5, 5.41) is 0. The third kappa shape index (κ3) is 4.60. The molecule has 0 N–H and O–H groups in total. The van der Waals surface area contributed by atoms with Gasteiger partial charge in [-0.05, 0) is 72.7 Å². The zero-order valence-corrected chi connectivity index (χ0v) is 18.2. The molecule has 0 aliphatic heterocycles. The molecule has 2 aromatic rings. The normalized spacial score (nSPS) is 11.5. The molecular weight excluding hydrogens is 536 g/mol. The van der Waals surface area contributed by atoms with E-state index >= 15 is 0 Å². The number of nitrogens with zero attached hydrogens (tertiary/aromatic N) is 1. The number of halogens is 2. The van der Waals surface area contributed by atoms with Gasteiger partial charge in [0.25, 0.3) is 10.0 Å². The molecule has 0 saturated heterocycles. The zero-order valence-electron chi connectivity index (χ0n) is 13.1. The van der Waals surface area contributed by atoms with Crippen LogP contribution in [0, 0.1) is 17.4 Å². The van der Waals surface area contributed by atoms with E-state index in [1.807, 2.05) is 44.2 Å². The van der Waals surface area contributed by atoms with Gasteiger partial charge in [-0.3, -0.25) is 4.31 Å². The highest BCUT2D eigenvalue weighted by atomic mass is 127. The van der Waals surface area contributed by atoms with Crippen LogP contribution >= 0.6 is 45.2 Å². The monoisotopic (exact) mass is 555 g/mol. The Labute approximate surface area is 165 Å². The second-order valence-corrected chi connectivity index (χ2v) is 9.47. The van der Waals surface area contributed by atoms with Crippen molar-refractivity contribution >= 4 is 60.9 Å². The van der Waals surface area contributed by atoms with Gasteiger partial charge in [0, 0.05) is 14.5 Å². The van der Waals surface area contributed by atoms with Gasteiger partial charge in [0.1, 0.15) is 0 Å². The molecule has 23 heavy (non-hydrogen) atoms. The third-order valence-corrected chi connectivity index (χ3v) is 7.31. The lowest BCUT2D eigenvalue weighted by Gasteiger charge is -2.25. The Morgan fingerprint density at radius 1 is 1.04 bits per heavy atom. The van der Waals surface area contributed by atoms with Crippen molar-refractivity contribution in [3.8, 4) is 0 Å². The molecule has 0 atom stereocenters. The Bertz CT molecular complexity index is 774. The standard InChI is InChI=1S/C17H19I2NO2S/c1-13-4-8-16(9-5-13)23(21,22)20(11-3-10-18)15-7-6-14(2)17(19)12-15/h4-9,12H,3,10-11H2,1-2H3. The number of rotatable bonds is 6. The summed E-state index contributed by atoms with van der Waals surface area (Å²) in [7, 11) is -3.55. The van der Waals surface area contributed by atoms with Gasteiger partial charge in [0.2, 0.25) is 0 Å². The van der Waals surface area contributed by atoms with Crippen molar-refractivity contribution in [2.45, 2.75) is 25.2 Å². The number of aryl methyl sites for hydroxylation is 2. The van der Waals surface area contributed by atoms with Gasteiger partial charge in [-0.25, -0.2) is 8.42 Å². The van der Waals surface area contributed by atoms with E-state index in [1.165, 1.54) is 4.31 Å². The van der Waals surface area contributed by atoms with Crippen molar-refractivity contribution in [2.24, 2.45) is 0 Å². The zero-order chi connectivity index (χ0) is 17.0. The molecule has 0 amide bonds. The highest BCUT2D eigenvalue weighted by molar-refractivity contribution is 14.1. The fraction of sp³-hybridized carbons (Fsp3) is 0.294. The first-order valence-electron chi connectivity index (χ1n) is 7.28. The first-order valence-corrected chi connectivity index (χ1v) is 11.3. The maximum atomic E-state index is 13.1. The van der Waals surface area contributed by atoms with Gasteiger partial charge in [-0.1, -0.05) is 46.4 Å². The molecule has 0 bridgehead atoms. The lowest BCUT2D eigenvalue weighted by Crippen LogP contribution is -2.32. The first-order chi connectivity index (χ1) is 10.9. The summed E-state index contributed by atoms with van der Waals surface area (Å²) in [6.07, 6.45) is 0.816. The van der Waals surface area contributed by atoms with Gasteiger partial charge >= 0.3 is 0 Å². The van der Waals surface area contributed by atoms with Crippen molar-refractivity contribution in [1.82, 2.24) is 0 Å². The lowest BCUT2D eigenvalue weighted by molar-refractivity contribution is 0.590. The van der Waals surface area contributed by atoms with Crippen LogP contribution in [0.3, 0.4) is 0 Å². The topological polar surface area (TPSA) is 37.4 Å². The Morgan fingerprint density at radius 2 is 1.70 bits per heavy atom. The van der Waals surface area contributed by atoms with E-state index in [4.69, 9.17) is 0 Å². The summed E-state index contributed by atoms with van der Waals surface area (Å²) in [6.45, 7) is 4.46. The van der Waals surface area contributed by atoms with E-state index in [0.29, 0.717) is 11.4 Å². The summed E-state index contributed by atoms with van der Waals surface area (Å²) in [4.78, 5) is 0.340. The van der Waals surface area contributed by atoms with Crippen LogP contribution in [0.1, 0.15) is 17.5 Å². The van der Waals surface area contributed by atoms with Gasteiger partial charge in [-0.15, -0.1) is 0 Å². The number of hydrogen-bond donors (Lipinski definition) is 0. The first kappa shape index (κ1) is 19.0. The second kappa shape index (κ2) is 8.15. The van der Waals surface area contributed by atoms with Crippen LogP contribution in [0.15, 0.2) is 47.4 Å². The van der Waals surface area contributed by atoms with Crippen LogP contribution in [0.5, 0.6) is 0 Å². The van der Waals surface area contributed by atoms with E-state index < -0.39 is 10.0 Å². The van der Waals surface area contributed by atoms with Crippen LogP contribution < -0.4 is 4.31 Å². The van der Waals surface area contributed by atoms with Crippen LogP contribution in [-0.2, 0) is 10.0 Å². The number of anilines is 1. The van der Waals surface area contributed by atoms with Crippen LogP contribution in [-0.4, -0.2) is 19.4 Å². The van der Waals surface area contributed by atoms with Gasteiger partial charge in [0.15, 0.2) is 0 Å². The van der Waals surface area contributed by atoms with Crippen molar-refractivity contribution in [3.63, 3.8) is 0 Å². The van der Waals surface area contributed by atoms with Gasteiger partial charge in [-0.2, -0.15) is 0 Å². The molecule has 2 rings (SSSR count). The molecule has 0 unspecified atom stereocenters. The Hall–Kier alpha value is -0.350. The summed E-state index contributed by atoms with van der Waals surface area (Å²) in [5.41, 5.74) is 2.92. The minimum absolute atomic E-state index is 0.340. The van der Waals surface area contributed by atoms with Crippen molar-refractivity contribution in [2.75, 3.05) is 15.3 Å². The number of sulfonamides is 1. The molecule has 6 heteroatoms. The van der Waals surface area contributed by atoms with E-state index in [9.17, 15) is 8.42 Å². The molecule has 0 radical (unpaired) electrons. The van der Waals surface area contributed by atoms with E-state index in [1.54, 1.807) is 12.1 Å². The summed E-state index contributed by atoms with van der Waals surface area (Å²) in [5.74, 6) is 0. The van der Waals surface area contributed by atoms with Gasteiger partial charge in [0.05, 0.1) is 10.6 Å². The predicted molar refractivity (Wildman–Crippen MR) is 113 cm³/mol. The second-order valence-electron chi connectivity index (χ2n) is 5.37. The SMILES string of the molecule is Cc1ccc(S(=O)(=O)N(CCCI)c2ccc(C)c(I)c2)cc1. The smallest absolute Gasteiger partial charge is 0.264 e. The summed E-state index contributed by atoms with van der Waals surface area (Å²) < 4.78 is 29.6. The molecule has 0 heterocycles. The summed E-state index contributed by atoms with van der Waals surface area (Å²) in [6, 6.07) is 12.8. The Kier molecular flexibility index (Phi) is 6.73. The fourth-order valence-electron chi connectivity index (χ4n) is 2.17. The minimum Gasteiger partial charge on any atom is -0.266 e. The van der Waals surface area contributed by atoms with E-state index in [0.717, 1.165) is 31.2 Å². The average Bonchev–Trinajstić information content (AvgIpc) is 2.51. The van der Waals surface area contributed by atoms with Crippen LogP contribution in [0.25, 0.3) is 0 Å². The van der Waals surface area contributed by atoms with Crippen molar-refractivity contribution in [1.29, 1.82) is 0 Å². The maximum Gasteiger partial charge on any atom is 0.264 e. The van der Waals surface area contributed by atoms with Crippen molar-refractivity contribution in [3.05, 3.63) is 57.2 Å². The minimum atomic E-state index is -3.55. The molecule has 124 valence electrons. The van der Waals surface area contributed by atoms with Gasteiger partial charge < -0.3 is 0 Å². The average molecular weight is 555 g/mol. The quantitative estimate of drug-likeness (QED) is 0.375. The maximum absolute atomic E-state index is 13.1. The van der Waals surface area contributed by atoms with Crippen molar-refractivity contribution < 1.29 is 8.42 Å². The fourth-order valence-corrected chi connectivity index (χ4v) is 4.50. The van der Waals surface area contributed by atoms with E-state index in [-0.39, 0.29) is 0 Å². The molecule has 0 fully saturated rings. The summed E-state index contributed by atoms with van der Waals surface area (Å²) >= 11 is 4.52. The largest absolute Gasteiger partial charge is 0.266 e. The van der Waals surface area contributed by atoms with E-state index in [2.05, 4.69) is 45.2 Å². The molecule has 0 aliphatic rings. The van der Waals surface area contributed by atoms with Crippen LogP contribution in [0.2, 0.25) is 0 Å². The highest BCUT2D eigenvalue weighted by Gasteiger charge is 2.24.